The number of H-pyrrole nitrogens is 1. The maximum Gasteiger partial charge on any atom is 0.233 e. The van der Waals surface area contributed by atoms with Crippen molar-refractivity contribution in [1.82, 2.24) is 30.2 Å². The molecule has 1 fully saturated rings. The molecule has 1 saturated carbocycles. The summed E-state index contributed by atoms with van der Waals surface area (Å²) in [6, 6.07) is 9.58. The lowest BCUT2D eigenvalue weighted by Crippen LogP contribution is -2.39. The summed E-state index contributed by atoms with van der Waals surface area (Å²) in [6.07, 6.45) is 8.18. The maximum absolute atomic E-state index is 11.5. The number of hydrogen-bond acceptors (Lipinski definition) is 4. The monoisotopic (exact) mass is 458 g/mol. The van der Waals surface area contributed by atoms with Crippen LogP contribution in [0.1, 0.15) is 68.1 Å². The van der Waals surface area contributed by atoms with Gasteiger partial charge in [0.15, 0.2) is 5.65 Å². The Morgan fingerprint density at radius 3 is 2.74 bits per heavy atom. The van der Waals surface area contributed by atoms with Crippen LogP contribution in [0.4, 0.5) is 0 Å². The third-order valence-corrected chi connectivity index (χ3v) is 7.32. The van der Waals surface area contributed by atoms with Gasteiger partial charge >= 0.3 is 0 Å². The maximum atomic E-state index is 11.5. The molecular weight excluding hydrogens is 424 g/mol. The summed E-state index contributed by atoms with van der Waals surface area (Å²) < 4.78 is 1.86. The molecular formula is C27H34N6O. The molecule has 4 aromatic rings. The van der Waals surface area contributed by atoms with Gasteiger partial charge in [0.2, 0.25) is 5.91 Å². The second-order valence-corrected chi connectivity index (χ2v) is 9.92. The first-order valence-corrected chi connectivity index (χ1v) is 12.3. The molecule has 0 saturated heterocycles. The molecule has 0 radical (unpaired) electrons. The number of aromatic amines is 1. The van der Waals surface area contributed by atoms with Crippen molar-refractivity contribution in [2.24, 2.45) is 0 Å². The highest BCUT2D eigenvalue weighted by atomic mass is 16.1. The summed E-state index contributed by atoms with van der Waals surface area (Å²) in [7, 11) is 1.68. The summed E-state index contributed by atoms with van der Waals surface area (Å²) in [5.74, 6) is 1.00. The van der Waals surface area contributed by atoms with Gasteiger partial charge in [-0.3, -0.25) is 4.79 Å². The van der Waals surface area contributed by atoms with E-state index < -0.39 is 0 Å². The van der Waals surface area contributed by atoms with E-state index in [2.05, 4.69) is 76.9 Å². The second kappa shape index (κ2) is 9.22. The van der Waals surface area contributed by atoms with Crippen LogP contribution in [0.5, 0.6) is 0 Å². The summed E-state index contributed by atoms with van der Waals surface area (Å²) in [4.78, 5) is 19.6. The molecule has 5 rings (SSSR count). The average molecular weight is 459 g/mol. The van der Waals surface area contributed by atoms with Crippen LogP contribution < -0.4 is 10.6 Å². The number of carbonyl (C=O) groups is 1. The molecule has 3 aromatic heterocycles. The van der Waals surface area contributed by atoms with Crippen molar-refractivity contribution >= 4 is 22.5 Å². The van der Waals surface area contributed by atoms with Gasteiger partial charge in [-0.1, -0.05) is 19.9 Å². The minimum atomic E-state index is 0.0511. The first-order valence-electron chi connectivity index (χ1n) is 12.3. The molecule has 1 amide bonds. The summed E-state index contributed by atoms with van der Waals surface area (Å²) in [5, 5.41) is 11.8. The third kappa shape index (κ3) is 4.20. The van der Waals surface area contributed by atoms with Crippen LogP contribution in [0.2, 0.25) is 0 Å². The molecule has 3 heterocycles. The zero-order valence-corrected chi connectivity index (χ0v) is 20.5. The van der Waals surface area contributed by atoms with Gasteiger partial charge in [-0.25, -0.2) is 9.50 Å². The van der Waals surface area contributed by atoms with Gasteiger partial charge in [0, 0.05) is 35.8 Å². The van der Waals surface area contributed by atoms with Gasteiger partial charge in [-0.05, 0) is 79.3 Å². The number of pyridine rings is 1. The van der Waals surface area contributed by atoms with Crippen molar-refractivity contribution in [2.45, 2.75) is 64.3 Å². The summed E-state index contributed by atoms with van der Waals surface area (Å²) in [6.45, 7) is 7.02. The van der Waals surface area contributed by atoms with Gasteiger partial charge in [-0.15, -0.1) is 0 Å². The lowest BCUT2D eigenvalue weighted by Gasteiger charge is -2.29. The minimum absolute atomic E-state index is 0.0511. The molecule has 7 heteroatoms. The number of hydrogen-bond donors (Lipinski definition) is 3. The number of amides is 1. The highest BCUT2D eigenvalue weighted by Crippen LogP contribution is 2.39. The normalized spacial score (nSPS) is 18.7. The van der Waals surface area contributed by atoms with Crippen LogP contribution >= 0.6 is 0 Å². The first kappa shape index (κ1) is 22.6. The van der Waals surface area contributed by atoms with E-state index in [1.807, 2.05) is 4.52 Å². The van der Waals surface area contributed by atoms with Crippen LogP contribution in [0.25, 0.3) is 27.8 Å². The fraction of sp³-hybridized carbons (Fsp3) is 0.444. The lowest BCUT2D eigenvalue weighted by atomic mass is 9.81. The Labute approximate surface area is 200 Å². The molecule has 0 bridgehead atoms. The SMILES string of the molecule is CNC(=O)CNC1CCC(c2ccc3[nH]c(-c4cc(C)c5ncnn5c4)c(C(C)C)c3c2)CC1. The summed E-state index contributed by atoms with van der Waals surface area (Å²) in [5.41, 5.74) is 8.29. The fourth-order valence-corrected chi connectivity index (χ4v) is 5.50. The number of aryl methyl sites for hydroxylation is 1. The number of nitrogens with zero attached hydrogens (tertiary/aromatic N) is 3. The zero-order valence-electron chi connectivity index (χ0n) is 20.5. The second-order valence-electron chi connectivity index (χ2n) is 9.92. The molecule has 7 nitrogen and oxygen atoms in total. The smallest absolute Gasteiger partial charge is 0.233 e. The number of nitrogens with one attached hydrogen (secondary N) is 3. The van der Waals surface area contributed by atoms with E-state index in [0.29, 0.717) is 24.4 Å². The number of aromatic nitrogens is 4. The third-order valence-electron chi connectivity index (χ3n) is 7.32. The molecule has 0 aliphatic heterocycles. The highest BCUT2D eigenvalue weighted by Gasteiger charge is 2.24. The van der Waals surface area contributed by atoms with Crippen molar-refractivity contribution in [2.75, 3.05) is 13.6 Å². The van der Waals surface area contributed by atoms with Crippen LogP contribution in [-0.4, -0.2) is 45.1 Å². The first-order chi connectivity index (χ1) is 16.4. The van der Waals surface area contributed by atoms with Crippen molar-refractivity contribution in [1.29, 1.82) is 0 Å². The summed E-state index contributed by atoms with van der Waals surface area (Å²) >= 11 is 0. The predicted molar refractivity (Wildman–Crippen MR) is 136 cm³/mol. The van der Waals surface area contributed by atoms with Gasteiger partial charge in [0.1, 0.15) is 6.33 Å². The predicted octanol–water partition coefficient (Wildman–Crippen LogP) is 4.67. The van der Waals surface area contributed by atoms with Gasteiger partial charge < -0.3 is 15.6 Å². The molecule has 3 N–H and O–H groups in total. The Morgan fingerprint density at radius 1 is 1.21 bits per heavy atom. The molecule has 1 aliphatic carbocycles. The molecule has 1 aliphatic rings. The standard InChI is InChI=1S/C27H34N6O/c1-16(2)25-22-12-19(18-5-8-21(9-6-18)29-13-24(34)28-4)7-10-23(22)32-26(25)20-11-17(3)27-30-15-31-33(27)14-20/h7,10-12,14-16,18,21,29,32H,5-6,8-9,13H2,1-4H3,(H,28,34). The number of carbonyl (C=O) groups excluding carboxylic acids is 1. The van der Waals surface area contributed by atoms with E-state index in [1.54, 1.807) is 13.4 Å². The Kier molecular flexibility index (Phi) is 6.13. The molecule has 178 valence electrons. The quantitative estimate of drug-likeness (QED) is 0.392. The zero-order chi connectivity index (χ0) is 23.8. The minimum Gasteiger partial charge on any atom is -0.358 e. The van der Waals surface area contributed by atoms with E-state index in [1.165, 1.54) is 27.7 Å². The van der Waals surface area contributed by atoms with Crippen LogP contribution in [0.15, 0.2) is 36.8 Å². The van der Waals surface area contributed by atoms with E-state index in [9.17, 15) is 4.79 Å². The fourth-order valence-electron chi connectivity index (χ4n) is 5.50. The molecule has 34 heavy (non-hydrogen) atoms. The Hall–Kier alpha value is -3.19. The average Bonchev–Trinajstić information content (AvgIpc) is 3.47. The van der Waals surface area contributed by atoms with Crippen molar-refractivity contribution in [3.8, 4) is 11.3 Å². The van der Waals surface area contributed by atoms with Gasteiger partial charge in [-0.2, -0.15) is 5.10 Å². The van der Waals surface area contributed by atoms with Crippen LogP contribution in [0.3, 0.4) is 0 Å². The molecule has 1 aromatic carbocycles. The Morgan fingerprint density at radius 2 is 2.00 bits per heavy atom. The molecule has 0 atom stereocenters. The van der Waals surface area contributed by atoms with Gasteiger partial charge in [0.05, 0.1) is 12.2 Å². The van der Waals surface area contributed by atoms with E-state index in [-0.39, 0.29) is 5.91 Å². The van der Waals surface area contributed by atoms with Crippen LogP contribution in [0, 0.1) is 6.92 Å². The largest absolute Gasteiger partial charge is 0.358 e. The molecule has 0 spiro atoms. The van der Waals surface area contributed by atoms with Crippen molar-refractivity contribution < 1.29 is 4.79 Å². The number of benzene rings is 1. The highest BCUT2D eigenvalue weighted by molar-refractivity contribution is 5.92. The lowest BCUT2D eigenvalue weighted by molar-refractivity contribution is -0.119. The van der Waals surface area contributed by atoms with E-state index in [0.717, 1.165) is 42.5 Å². The van der Waals surface area contributed by atoms with Crippen molar-refractivity contribution in [3.63, 3.8) is 0 Å². The van der Waals surface area contributed by atoms with Gasteiger partial charge in [0.25, 0.3) is 0 Å². The van der Waals surface area contributed by atoms with Crippen LogP contribution in [-0.2, 0) is 4.79 Å². The van der Waals surface area contributed by atoms with Crippen molar-refractivity contribution in [3.05, 3.63) is 53.5 Å². The number of likely N-dealkylation sites (N-methyl/N-ethyl adjacent to an activating group) is 1. The Bertz CT molecular complexity index is 1330. The van der Waals surface area contributed by atoms with E-state index in [4.69, 9.17) is 0 Å². The Balaban J connectivity index is 1.43. The number of fused-ring (bicyclic) bond motifs is 2. The molecule has 0 unspecified atom stereocenters. The number of rotatable bonds is 6. The topological polar surface area (TPSA) is 87.1 Å². The van der Waals surface area contributed by atoms with E-state index >= 15 is 0 Å².